The Hall–Kier alpha value is -1.13. The van der Waals surface area contributed by atoms with Gasteiger partial charge in [0.05, 0.1) is 0 Å². The summed E-state index contributed by atoms with van der Waals surface area (Å²) in [6.07, 6.45) is 3.63. The molecule has 0 amide bonds. The van der Waals surface area contributed by atoms with E-state index in [0.717, 1.165) is 24.9 Å². The van der Waals surface area contributed by atoms with E-state index in [1.807, 2.05) is 26.8 Å². The molecule has 2 rings (SSSR count). The topological polar surface area (TPSA) is 42.4 Å². The van der Waals surface area contributed by atoms with Crippen LogP contribution in [0.25, 0.3) is 0 Å². The van der Waals surface area contributed by atoms with Crippen molar-refractivity contribution in [2.45, 2.75) is 51.8 Å². The first-order valence-electron chi connectivity index (χ1n) is 6.92. The van der Waals surface area contributed by atoms with E-state index < -0.39 is 5.60 Å². The van der Waals surface area contributed by atoms with Crippen molar-refractivity contribution in [2.75, 3.05) is 6.54 Å². The summed E-state index contributed by atoms with van der Waals surface area (Å²) >= 11 is 5.78. The molecule has 1 atom stereocenters. The van der Waals surface area contributed by atoms with Gasteiger partial charge < -0.3 is 4.74 Å². The standard InChI is InChI=1S/C15H21ClN2O2/c1-15(2,3)20-14(19)12-5-4-8-18(12)10-11-6-7-13(16)17-9-11/h6-7,9,12H,4-5,8,10H2,1-3H3/t12-/m1/s1. The average Bonchev–Trinajstić information content (AvgIpc) is 2.78. The molecule has 1 saturated heterocycles. The first-order valence-corrected chi connectivity index (χ1v) is 7.30. The summed E-state index contributed by atoms with van der Waals surface area (Å²) in [5.74, 6) is -0.128. The number of carbonyl (C=O) groups excluding carboxylic acids is 1. The van der Waals surface area contributed by atoms with Crippen molar-refractivity contribution >= 4 is 17.6 Å². The van der Waals surface area contributed by atoms with E-state index in [9.17, 15) is 4.79 Å². The third-order valence-electron chi connectivity index (χ3n) is 3.22. The highest BCUT2D eigenvalue weighted by Crippen LogP contribution is 2.23. The molecule has 5 heteroatoms. The molecule has 0 saturated carbocycles. The van der Waals surface area contributed by atoms with Crippen LogP contribution in [-0.4, -0.2) is 34.0 Å². The van der Waals surface area contributed by atoms with Crippen molar-refractivity contribution in [2.24, 2.45) is 0 Å². The van der Waals surface area contributed by atoms with Gasteiger partial charge >= 0.3 is 5.97 Å². The summed E-state index contributed by atoms with van der Waals surface area (Å²) < 4.78 is 5.49. The van der Waals surface area contributed by atoms with Crippen LogP contribution in [0.2, 0.25) is 5.15 Å². The fourth-order valence-electron chi connectivity index (χ4n) is 2.39. The zero-order valence-corrected chi connectivity index (χ0v) is 13.0. The second kappa shape index (κ2) is 6.10. The molecule has 0 aromatic carbocycles. The number of carbonyl (C=O) groups is 1. The Morgan fingerprint density at radius 1 is 1.50 bits per heavy atom. The summed E-state index contributed by atoms with van der Waals surface area (Å²) in [7, 11) is 0. The van der Waals surface area contributed by atoms with E-state index in [0.29, 0.717) is 11.7 Å². The van der Waals surface area contributed by atoms with E-state index >= 15 is 0 Å². The number of hydrogen-bond acceptors (Lipinski definition) is 4. The predicted octanol–water partition coefficient (Wildman–Crippen LogP) is 3.04. The van der Waals surface area contributed by atoms with E-state index in [1.54, 1.807) is 12.3 Å². The van der Waals surface area contributed by atoms with Gasteiger partial charge in [0.1, 0.15) is 16.8 Å². The highest BCUT2D eigenvalue weighted by Gasteiger charge is 2.33. The minimum atomic E-state index is -0.437. The maximum Gasteiger partial charge on any atom is 0.323 e. The average molecular weight is 297 g/mol. The number of nitrogens with zero attached hydrogens (tertiary/aromatic N) is 2. The largest absolute Gasteiger partial charge is 0.459 e. The lowest BCUT2D eigenvalue weighted by molar-refractivity contribution is -0.160. The lowest BCUT2D eigenvalue weighted by atomic mass is 10.1. The number of aromatic nitrogens is 1. The summed E-state index contributed by atoms with van der Waals surface area (Å²) in [6.45, 7) is 7.30. The van der Waals surface area contributed by atoms with Crippen LogP contribution < -0.4 is 0 Å². The van der Waals surface area contributed by atoms with E-state index in [-0.39, 0.29) is 12.0 Å². The second-order valence-electron chi connectivity index (χ2n) is 6.15. The van der Waals surface area contributed by atoms with Crippen molar-refractivity contribution in [1.29, 1.82) is 0 Å². The Kier molecular flexibility index (Phi) is 4.66. The molecule has 110 valence electrons. The molecule has 0 aliphatic carbocycles. The first-order chi connectivity index (χ1) is 9.35. The van der Waals surface area contributed by atoms with Crippen molar-refractivity contribution in [3.63, 3.8) is 0 Å². The van der Waals surface area contributed by atoms with Crippen LogP contribution >= 0.6 is 11.6 Å². The fraction of sp³-hybridized carbons (Fsp3) is 0.600. The van der Waals surface area contributed by atoms with Gasteiger partial charge in [0, 0.05) is 12.7 Å². The molecule has 0 N–H and O–H groups in total. The summed E-state index contributed by atoms with van der Waals surface area (Å²) in [5, 5.41) is 0.485. The Labute approximate surface area is 125 Å². The lowest BCUT2D eigenvalue weighted by Crippen LogP contribution is -2.40. The van der Waals surface area contributed by atoms with Crippen LogP contribution in [0.3, 0.4) is 0 Å². The number of hydrogen-bond donors (Lipinski definition) is 0. The van der Waals surface area contributed by atoms with Gasteiger partial charge in [-0.15, -0.1) is 0 Å². The first kappa shape index (κ1) is 15.3. The Balaban J connectivity index is 2.00. The quantitative estimate of drug-likeness (QED) is 0.635. The van der Waals surface area contributed by atoms with Crippen molar-refractivity contribution in [3.8, 4) is 0 Å². The monoisotopic (exact) mass is 296 g/mol. The van der Waals surface area contributed by atoms with Crippen LogP contribution in [0.5, 0.6) is 0 Å². The smallest absolute Gasteiger partial charge is 0.323 e. The fourth-order valence-corrected chi connectivity index (χ4v) is 2.50. The highest BCUT2D eigenvalue weighted by atomic mass is 35.5. The van der Waals surface area contributed by atoms with Gasteiger partial charge in [-0.3, -0.25) is 9.69 Å². The van der Waals surface area contributed by atoms with Crippen LogP contribution in [-0.2, 0) is 16.1 Å². The molecule has 1 fully saturated rings. The molecular weight excluding hydrogens is 276 g/mol. The van der Waals surface area contributed by atoms with Crippen molar-refractivity contribution in [3.05, 3.63) is 29.0 Å². The normalized spacial score (nSPS) is 20.1. The van der Waals surface area contributed by atoms with Crippen LogP contribution in [0, 0.1) is 0 Å². The molecule has 1 aliphatic heterocycles. The van der Waals surface area contributed by atoms with Gasteiger partial charge in [0.25, 0.3) is 0 Å². The molecule has 1 aromatic rings. The minimum absolute atomic E-state index is 0.128. The molecule has 0 bridgehead atoms. The van der Waals surface area contributed by atoms with E-state index in [4.69, 9.17) is 16.3 Å². The van der Waals surface area contributed by atoms with Gasteiger partial charge in [0.2, 0.25) is 0 Å². The van der Waals surface area contributed by atoms with Gasteiger partial charge in [-0.1, -0.05) is 17.7 Å². The Bertz CT molecular complexity index is 468. The van der Waals surface area contributed by atoms with Crippen molar-refractivity contribution in [1.82, 2.24) is 9.88 Å². The number of rotatable bonds is 3. The van der Waals surface area contributed by atoms with Crippen LogP contribution in [0.1, 0.15) is 39.2 Å². The van der Waals surface area contributed by atoms with Gasteiger partial charge in [-0.25, -0.2) is 4.98 Å². The van der Waals surface area contributed by atoms with Crippen LogP contribution in [0.4, 0.5) is 0 Å². The Morgan fingerprint density at radius 2 is 2.25 bits per heavy atom. The predicted molar refractivity (Wildman–Crippen MR) is 78.5 cm³/mol. The van der Waals surface area contributed by atoms with E-state index in [1.165, 1.54) is 0 Å². The molecule has 1 aromatic heterocycles. The molecule has 0 radical (unpaired) electrons. The summed E-state index contributed by atoms with van der Waals surface area (Å²) in [4.78, 5) is 18.4. The number of pyridine rings is 1. The lowest BCUT2D eigenvalue weighted by Gasteiger charge is -2.27. The maximum absolute atomic E-state index is 12.2. The van der Waals surface area contributed by atoms with Crippen molar-refractivity contribution < 1.29 is 9.53 Å². The zero-order valence-electron chi connectivity index (χ0n) is 12.2. The highest BCUT2D eigenvalue weighted by molar-refractivity contribution is 6.29. The molecular formula is C15H21ClN2O2. The van der Waals surface area contributed by atoms with Gasteiger partial charge in [0.15, 0.2) is 0 Å². The summed E-state index contributed by atoms with van der Waals surface area (Å²) in [6, 6.07) is 3.57. The molecule has 0 spiro atoms. The number of ether oxygens (including phenoxy) is 1. The molecule has 4 nitrogen and oxygen atoms in total. The summed E-state index contributed by atoms with van der Waals surface area (Å²) in [5.41, 5.74) is 0.623. The zero-order chi connectivity index (χ0) is 14.8. The Morgan fingerprint density at radius 3 is 2.85 bits per heavy atom. The molecule has 0 unspecified atom stereocenters. The van der Waals surface area contributed by atoms with Crippen LogP contribution in [0.15, 0.2) is 18.3 Å². The molecule has 2 heterocycles. The molecule has 1 aliphatic rings. The maximum atomic E-state index is 12.2. The third kappa shape index (κ3) is 4.18. The third-order valence-corrected chi connectivity index (χ3v) is 3.44. The minimum Gasteiger partial charge on any atom is -0.459 e. The van der Waals surface area contributed by atoms with E-state index in [2.05, 4.69) is 9.88 Å². The number of esters is 1. The second-order valence-corrected chi connectivity index (χ2v) is 6.54. The number of halogens is 1. The van der Waals surface area contributed by atoms with Gasteiger partial charge in [-0.05, 0) is 51.8 Å². The van der Waals surface area contributed by atoms with Gasteiger partial charge in [-0.2, -0.15) is 0 Å². The molecule has 20 heavy (non-hydrogen) atoms. The SMILES string of the molecule is CC(C)(C)OC(=O)[C@H]1CCCN1Cc1ccc(Cl)nc1. The number of likely N-dealkylation sites (tertiary alicyclic amines) is 1.